The van der Waals surface area contributed by atoms with Crippen LogP contribution >= 0.6 is 0 Å². The van der Waals surface area contributed by atoms with Gasteiger partial charge in [0.25, 0.3) is 0 Å². The van der Waals surface area contributed by atoms with Crippen molar-refractivity contribution >= 4 is 0 Å². The second kappa shape index (κ2) is 6.82. The molecule has 0 bridgehead atoms. The monoisotopic (exact) mass is 289 g/mol. The van der Waals surface area contributed by atoms with E-state index in [-0.39, 0.29) is 12.5 Å². The van der Waals surface area contributed by atoms with Crippen LogP contribution in [0.15, 0.2) is 18.2 Å². The van der Waals surface area contributed by atoms with Gasteiger partial charge in [-0.05, 0) is 49.8 Å². The average Bonchev–Trinajstić information content (AvgIpc) is 3.00. The van der Waals surface area contributed by atoms with Crippen LogP contribution in [0.1, 0.15) is 51.0 Å². The molecular weight excluding hydrogens is 266 g/mol. The summed E-state index contributed by atoms with van der Waals surface area (Å²) in [6, 6.07) is 7.48. The van der Waals surface area contributed by atoms with Crippen LogP contribution in [-0.2, 0) is 5.60 Å². The Labute approximate surface area is 126 Å². The SMILES string of the molecule is CCC(O)(CC#N)c1ccc(OC)c(OC2CCCC2)c1. The van der Waals surface area contributed by atoms with Gasteiger partial charge in [-0.25, -0.2) is 0 Å². The first-order chi connectivity index (χ1) is 10.1. The number of rotatable bonds is 6. The highest BCUT2D eigenvalue weighted by Gasteiger charge is 2.28. The molecule has 4 heteroatoms. The van der Waals surface area contributed by atoms with Crippen molar-refractivity contribution in [3.8, 4) is 17.6 Å². The lowest BCUT2D eigenvalue weighted by Gasteiger charge is -2.26. The minimum atomic E-state index is -1.13. The van der Waals surface area contributed by atoms with Crippen molar-refractivity contribution in [1.29, 1.82) is 5.26 Å². The number of methoxy groups -OCH3 is 1. The third kappa shape index (κ3) is 3.48. The highest BCUT2D eigenvalue weighted by Crippen LogP contribution is 2.37. The molecule has 1 aliphatic carbocycles. The van der Waals surface area contributed by atoms with E-state index in [4.69, 9.17) is 14.7 Å². The predicted molar refractivity (Wildman–Crippen MR) is 80.3 cm³/mol. The first-order valence-electron chi connectivity index (χ1n) is 7.57. The Kier molecular flexibility index (Phi) is 5.08. The lowest BCUT2D eigenvalue weighted by Crippen LogP contribution is -2.24. The molecule has 0 aromatic heterocycles. The second-order valence-electron chi connectivity index (χ2n) is 5.61. The summed E-state index contributed by atoms with van der Waals surface area (Å²) in [6.45, 7) is 1.87. The van der Waals surface area contributed by atoms with E-state index in [1.54, 1.807) is 19.2 Å². The zero-order valence-corrected chi connectivity index (χ0v) is 12.8. The molecule has 1 N–H and O–H groups in total. The van der Waals surface area contributed by atoms with E-state index in [0.29, 0.717) is 23.5 Å². The first kappa shape index (κ1) is 15.7. The van der Waals surface area contributed by atoms with Crippen LogP contribution in [0.25, 0.3) is 0 Å². The van der Waals surface area contributed by atoms with Crippen LogP contribution < -0.4 is 9.47 Å². The summed E-state index contributed by atoms with van der Waals surface area (Å²) < 4.78 is 11.4. The largest absolute Gasteiger partial charge is 0.493 e. The van der Waals surface area contributed by atoms with Gasteiger partial charge in [0.2, 0.25) is 0 Å². The fourth-order valence-electron chi connectivity index (χ4n) is 2.81. The van der Waals surface area contributed by atoms with Crippen LogP contribution in [0, 0.1) is 11.3 Å². The van der Waals surface area contributed by atoms with Gasteiger partial charge in [-0.2, -0.15) is 5.26 Å². The van der Waals surface area contributed by atoms with E-state index >= 15 is 0 Å². The summed E-state index contributed by atoms with van der Waals surface area (Å²) in [5.41, 5.74) is -0.421. The van der Waals surface area contributed by atoms with Crippen molar-refractivity contribution in [1.82, 2.24) is 0 Å². The van der Waals surface area contributed by atoms with Gasteiger partial charge in [-0.3, -0.25) is 0 Å². The van der Waals surface area contributed by atoms with Gasteiger partial charge < -0.3 is 14.6 Å². The normalized spacial score (nSPS) is 18.0. The molecule has 0 aliphatic heterocycles. The summed E-state index contributed by atoms with van der Waals surface area (Å²) in [5, 5.41) is 19.5. The van der Waals surface area contributed by atoms with Crippen LogP contribution in [0.2, 0.25) is 0 Å². The Morgan fingerprint density at radius 2 is 2.05 bits per heavy atom. The highest BCUT2D eigenvalue weighted by molar-refractivity contribution is 5.45. The van der Waals surface area contributed by atoms with Gasteiger partial charge in [-0.1, -0.05) is 13.0 Å². The second-order valence-corrected chi connectivity index (χ2v) is 5.61. The molecule has 1 aromatic carbocycles. The third-order valence-electron chi connectivity index (χ3n) is 4.25. The highest BCUT2D eigenvalue weighted by atomic mass is 16.5. The number of ether oxygens (including phenoxy) is 2. The number of hydrogen-bond donors (Lipinski definition) is 1. The van der Waals surface area contributed by atoms with Crippen LogP contribution in [0.5, 0.6) is 11.5 Å². The molecule has 114 valence electrons. The molecule has 1 fully saturated rings. The van der Waals surface area contributed by atoms with Gasteiger partial charge in [0.15, 0.2) is 11.5 Å². The van der Waals surface area contributed by atoms with E-state index in [1.807, 2.05) is 13.0 Å². The molecule has 0 heterocycles. The first-order valence-corrected chi connectivity index (χ1v) is 7.57. The lowest BCUT2D eigenvalue weighted by molar-refractivity contribution is 0.0368. The molecule has 1 atom stereocenters. The Bertz CT molecular complexity index is 517. The fourth-order valence-corrected chi connectivity index (χ4v) is 2.81. The Balaban J connectivity index is 2.29. The number of nitrogens with zero attached hydrogens (tertiary/aromatic N) is 1. The molecule has 21 heavy (non-hydrogen) atoms. The number of benzene rings is 1. The smallest absolute Gasteiger partial charge is 0.161 e. The number of hydrogen-bond acceptors (Lipinski definition) is 4. The Morgan fingerprint density at radius 3 is 2.62 bits per heavy atom. The molecule has 1 saturated carbocycles. The van der Waals surface area contributed by atoms with Crippen LogP contribution in [-0.4, -0.2) is 18.3 Å². The van der Waals surface area contributed by atoms with Gasteiger partial charge >= 0.3 is 0 Å². The molecule has 1 unspecified atom stereocenters. The van der Waals surface area contributed by atoms with Crippen molar-refractivity contribution in [2.24, 2.45) is 0 Å². The summed E-state index contributed by atoms with van der Waals surface area (Å²) in [4.78, 5) is 0. The molecule has 0 amide bonds. The van der Waals surface area contributed by atoms with E-state index < -0.39 is 5.60 Å². The zero-order chi connectivity index (χ0) is 15.3. The van der Waals surface area contributed by atoms with Crippen molar-refractivity contribution in [2.45, 2.75) is 57.2 Å². The van der Waals surface area contributed by atoms with Crippen molar-refractivity contribution in [3.05, 3.63) is 23.8 Å². The maximum Gasteiger partial charge on any atom is 0.161 e. The summed E-state index contributed by atoms with van der Waals surface area (Å²) >= 11 is 0. The van der Waals surface area contributed by atoms with E-state index in [9.17, 15) is 5.11 Å². The quantitative estimate of drug-likeness (QED) is 0.870. The molecule has 0 saturated heterocycles. The van der Waals surface area contributed by atoms with Gasteiger partial charge in [-0.15, -0.1) is 0 Å². The van der Waals surface area contributed by atoms with Gasteiger partial charge in [0, 0.05) is 0 Å². The number of aliphatic hydroxyl groups is 1. The molecular formula is C17H23NO3. The van der Waals surface area contributed by atoms with Crippen molar-refractivity contribution in [2.75, 3.05) is 7.11 Å². The van der Waals surface area contributed by atoms with Crippen LogP contribution in [0.4, 0.5) is 0 Å². The molecule has 0 spiro atoms. The molecule has 1 aliphatic rings. The zero-order valence-electron chi connectivity index (χ0n) is 12.8. The summed E-state index contributed by atoms with van der Waals surface area (Å²) in [6.07, 6.45) is 5.28. The van der Waals surface area contributed by atoms with E-state index in [1.165, 1.54) is 12.8 Å². The van der Waals surface area contributed by atoms with Gasteiger partial charge in [0.05, 0.1) is 25.7 Å². The molecule has 4 nitrogen and oxygen atoms in total. The van der Waals surface area contributed by atoms with Gasteiger partial charge in [0.1, 0.15) is 5.60 Å². The minimum Gasteiger partial charge on any atom is -0.493 e. The van der Waals surface area contributed by atoms with Crippen molar-refractivity contribution < 1.29 is 14.6 Å². The van der Waals surface area contributed by atoms with E-state index in [0.717, 1.165) is 12.8 Å². The summed E-state index contributed by atoms with van der Waals surface area (Å²) in [7, 11) is 1.61. The standard InChI is InChI=1S/C17H23NO3/c1-3-17(19,10-11-18)13-8-9-15(20-2)16(12-13)21-14-6-4-5-7-14/h8-9,12,14,19H,3-7,10H2,1-2H3. The molecule has 2 rings (SSSR count). The fraction of sp³-hybridized carbons (Fsp3) is 0.588. The van der Waals surface area contributed by atoms with Crippen LogP contribution in [0.3, 0.4) is 0 Å². The molecule has 1 aromatic rings. The maximum atomic E-state index is 10.6. The summed E-state index contributed by atoms with van der Waals surface area (Å²) in [5.74, 6) is 1.33. The van der Waals surface area contributed by atoms with Crippen molar-refractivity contribution in [3.63, 3.8) is 0 Å². The molecule has 0 radical (unpaired) electrons. The predicted octanol–water partition coefficient (Wildman–Crippen LogP) is 3.53. The Morgan fingerprint density at radius 1 is 1.33 bits per heavy atom. The topological polar surface area (TPSA) is 62.5 Å². The number of nitriles is 1. The maximum absolute atomic E-state index is 10.6. The third-order valence-corrected chi connectivity index (χ3v) is 4.25. The average molecular weight is 289 g/mol. The minimum absolute atomic E-state index is 0.0682. The van der Waals surface area contributed by atoms with E-state index in [2.05, 4.69) is 6.07 Å². The lowest BCUT2D eigenvalue weighted by atomic mass is 9.88. The Hall–Kier alpha value is -1.73.